The van der Waals surface area contributed by atoms with Gasteiger partial charge in [0, 0.05) is 0 Å². The maximum Gasteiger partial charge on any atom is 0.138 e. The summed E-state index contributed by atoms with van der Waals surface area (Å²) >= 11 is 1.76. The van der Waals surface area contributed by atoms with Crippen molar-refractivity contribution in [3.63, 3.8) is 0 Å². The van der Waals surface area contributed by atoms with Crippen molar-refractivity contribution in [2.24, 2.45) is 5.73 Å². The van der Waals surface area contributed by atoms with E-state index >= 15 is 0 Å². The second-order valence-corrected chi connectivity index (χ2v) is 4.40. The summed E-state index contributed by atoms with van der Waals surface area (Å²) in [6.45, 7) is 0.789. The number of ether oxygens (including phenoxy) is 1. The van der Waals surface area contributed by atoms with E-state index in [2.05, 4.69) is 18.2 Å². The normalized spacial score (nSPS) is 13.8. The Labute approximate surface area is 88.8 Å². The van der Waals surface area contributed by atoms with Gasteiger partial charge < -0.3 is 10.5 Å². The van der Waals surface area contributed by atoms with Gasteiger partial charge in [0.25, 0.3) is 0 Å². The topological polar surface area (TPSA) is 35.2 Å². The molecule has 1 aromatic rings. The molecular weight excluding hydrogens is 194 g/mol. The van der Waals surface area contributed by atoms with Crippen LogP contribution in [0.15, 0.2) is 23.1 Å². The lowest BCUT2D eigenvalue weighted by Crippen LogP contribution is -1.99. The van der Waals surface area contributed by atoms with Crippen LogP contribution in [0.5, 0.6) is 5.75 Å². The zero-order valence-corrected chi connectivity index (χ0v) is 8.98. The van der Waals surface area contributed by atoms with E-state index in [-0.39, 0.29) is 0 Å². The van der Waals surface area contributed by atoms with Gasteiger partial charge in [0.05, 0.1) is 4.90 Å². The number of hydrogen-bond donors (Lipinski definition) is 1. The van der Waals surface area contributed by atoms with Crippen LogP contribution in [0.1, 0.15) is 18.4 Å². The third kappa shape index (κ3) is 2.22. The van der Waals surface area contributed by atoms with Gasteiger partial charge in [-0.25, -0.2) is 0 Å². The number of thioether (sulfide) groups is 1. The molecule has 0 bridgehead atoms. The van der Waals surface area contributed by atoms with E-state index in [1.54, 1.807) is 11.8 Å². The SMILES string of the molecule is NCCCCc1ccc2c(c1)OCS2. The van der Waals surface area contributed by atoms with Crippen molar-refractivity contribution in [3.05, 3.63) is 23.8 Å². The molecule has 2 nitrogen and oxygen atoms in total. The summed E-state index contributed by atoms with van der Waals surface area (Å²) in [5, 5.41) is 0. The first-order valence-corrected chi connectivity index (χ1v) is 5.97. The van der Waals surface area contributed by atoms with Crippen molar-refractivity contribution in [2.75, 3.05) is 12.5 Å². The molecule has 1 aliphatic rings. The smallest absolute Gasteiger partial charge is 0.138 e. The highest BCUT2D eigenvalue weighted by Crippen LogP contribution is 2.36. The summed E-state index contributed by atoms with van der Waals surface area (Å²) in [7, 11) is 0. The molecule has 0 unspecified atom stereocenters. The van der Waals surface area contributed by atoms with Crippen LogP contribution in [-0.4, -0.2) is 12.5 Å². The molecule has 3 heteroatoms. The van der Waals surface area contributed by atoms with Crippen LogP contribution >= 0.6 is 11.8 Å². The van der Waals surface area contributed by atoms with E-state index in [0.29, 0.717) is 0 Å². The number of hydrogen-bond acceptors (Lipinski definition) is 3. The van der Waals surface area contributed by atoms with Gasteiger partial charge in [-0.1, -0.05) is 17.8 Å². The molecule has 0 radical (unpaired) electrons. The Morgan fingerprint density at radius 3 is 3.14 bits per heavy atom. The Morgan fingerprint density at radius 2 is 2.29 bits per heavy atom. The molecule has 0 amide bonds. The third-order valence-electron chi connectivity index (χ3n) is 2.36. The van der Waals surface area contributed by atoms with E-state index in [1.165, 1.54) is 16.9 Å². The van der Waals surface area contributed by atoms with E-state index in [0.717, 1.165) is 31.1 Å². The summed E-state index contributed by atoms with van der Waals surface area (Å²) in [5.74, 6) is 1.82. The Balaban J connectivity index is 1.98. The second-order valence-electron chi connectivity index (χ2n) is 3.43. The first-order valence-electron chi connectivity index (χ1n) is 4.99. The Kier molecular flexibility index (Phi) is 3.32. The lowest BCUT2D eigenvalue weighted by molar-refractivity contribution is 0.397. The number of benzene rings is 1. The summed E-state index contributed by atoms with van der Waals surface area (Å²) in [4.78, 5) is 1.27. The molecule has 0 atom stereocenters. The van der Waals surface area contributed by atoms with Gasteiger partial charge in [-0.2, -0.15) is 0 Å². The van der Waals surface area contributed by atoms with Crippen LogP contribution in [-0.2, 0) is 6.42 Å². The quantitative estimate of drug-likeness (QED) is 0.773. The Bertz CT molecular complexity index is 314. The van der Waals surface area contributed by atoms with Crippen molar-refractivity contribution in [1.82, 2.24) is 0 Å². The molecule has 0 saturated carbocycles. The zero-order valence-electron chi connectivity index (χ0n) is 8.16. The van der Waals surface area contributed by atoms with Crippen molar-refractivity contribution in [1.29, 1.82) is 0 Å². The fraction of sp³-hybridized carbons (Fsp3) is 0.455. The molecule has 1 heterocycles. The van der Waals surface area contributed by atoms with E-state index in [1.807, 2.05) is 0 Å². The molecule has 2 rings (SSSR count). The monoisotopic (exact) mass is 209 g/mol. The minimum atomic E-state index is 0.765. The highest BCUT2D eigenvalue weighted by Gasteiger charge is 2.12. The molecule has 1 aromatic carbocycles. The largest absolute Gasteiger partial charge is 0.481 e. The molecule has 0 aromatic heterocycles. The summed E-state index contributed by atoms with van der Waals surface area (Å²) in [6.07, 6.45) is 3.38. The summed E-state index contributed by atoms with van der Waals surface area (Å²) in [5.41, 5.74) is 6.82. The summed E-state index contributed by atoms with van der Waals surface area (Å²) in [6, 6.07) is 6.51. The maximum absolute atomic E-state index is 5.48. The van der Waals surface area contributed by atoms with Crippen LogP contribution in [0.4, 0.5) is 0 Å². The molecule has 1 aliphatic heterocycles. The molecule has 14 heavy (non-hydrogen) atoms. The van der Waals surface area contributed by atoms with Crippen LogP contribution < -0.4 is 10.5 Å². The number of rotatable bonds is 4. The van der Waals surface area contributed by atoms with E-state index < -0.39 is 0 Å². The zero-order chi connectivity index (χ0) is 9.80. The van der Waals surface area contributed by atoms with Crippen LogP contribution in [0.25, 0.3) is 0 Å². The molecule has 76 valence electrons. The summed E-state index contributed by atoms with van der Waals surface area (Å²) < 4.78 is 5.48. The average Bonchev–Trinajstić information content (AvgIpc) is 2.65. The molecule has 0 saturated heterocycles. The molecule has 0 spiro atoms. The first-order chi connectivity index (χ1) is 6.90. The maximum atomic E-state index is 5.48. The van der Waals surface area contributed by atoms with Crippen molar-refractivity contribution in [3.8, 4) is 5.75 Å². The number of fused-ring (bicyclic) bond motifs is 1. The number of unbranched alkanes of at least 4 members (excludes halogenated alkanes) is 1. The van der Waals surface area contributed by atoms with Crippen molar-refractivity contribution < 1.29 is 4.74 Å². The first kappa shape index (κ1) is 9.87. The third-order valence-corrected chi connectivity index (χ3v) is 3.24. The Hall–Kier alpha value is -0.670. The molecule has 0 aliphatic carbocycles. The van der Waals surface area contributed by atoms with Crippen molar-refractivity contribution >= 4 is 11.8 Å². The van der Waals surface area contributed by atoms with Crippen LogP contribution in [0.3, 0.4) is 0 Å². The predicted molar refractivity (Wildman–Crippen MR) is 59.8 cm³/mol. The van der Waals surface area contributed by atoms with Gasteiger partial charge in [-0.3, -0.25) is 0 Å². The Morgan fingerprint density at radius 1 is 1.36 bits per heavy atom. The number of nitrogens with two attached hydrogens (primary N) is 1. The van der Waals surface area contributed by atoms with Crippen LogP contribution in [0.2, 0.25) is 0 Å². The van der Waals surface area contributed by atoms with Gasteiger partial charge >= 0.3 is 0 Å². The van der Waals surface area contributed by atoms with Gasteiger partial charge in [0.15, 0.2) is 0 Å². The van der Waals surface area contributed by atoms with Gasteiger partial charge in [0.1, 0.15) is 11.7 Å². The minimum absolute atomic E-state index is 0.765. The lowest BCUT2D eigenvalue weighted by atomic mass is 10.1. The molecule has 2 N–H and O–H groups in total. The van der Waals surface area contributed by atoms with Crippen LogP contribution in [0, 0.1) is 0 Å². The lowest BCUT2D eigenvalue weighted by Gasteiger charge is -2.03. The second kappa shape index (κ2) is 4.71. The minimum Gasteiger partial charge on any atom is -0.481 e. The van der Waals surface area contributed by atoms with Gasteiger partial charge in [-0.05, 0) is 43.5 Å². The molecular formula is C11H15NOS. The standard InChI is InChI=1S/C11H15NOS/c12-6-2-1-3-9-4-5-11-10(7-9)13-8-14-11/h4-5,7H,1-3,6,8,12H2. The van der Waals surface area contributed by atoms with E-state index in [9.17, 15) is 0 Å². The highest BCUT2D eigenvalue weighted by atomic mass is 32.2. The number of aryl methyl sites for hydroxylation is 1. The van der Waals surface area contributed by atoms with E-state index in [4.69, 9.17) is 10.5 Å². The molecule has 0 fully saturated rings. The fourth-order valence-electron chi connectivity index (χ4n) is 1.57. The van der Waals surface area contributed by atoms with Crippen molar-refractivity contribution in [2.45, 2.75) is 24.2 Å². The fourth-order valence-corrected chi connectivity index (χ4v) is 2.31. The highest BCUT2D eigenvalue weighted by molar-refractivity contribution is 7.99. The van der Waals surface area contributed by atoms with Gasteiger partial charge in [0.2, 0.25) is 0 Å². The predicted octanol–water partition coefficient (Wildman–Crippen LogP) is 2.41. The average molecular weight is 209 g/mol. The van der Waals surface area contributed by atoms with Gasteiger partial charge in [-0.15, -0.1) is 0 Å².